The van der Waals surface area contributed by atoms with Gasteiger partial charge < -0.3 is 5.11 Å². The summed E-state index contributed by atoms with van der Waals surface area (Å²) in [6.45, 7) is 0. The van der Waals surface area contributed by atoms with Crippen LogP contribution in [0.2, 0.25) is 0 Å². The summed E-state index contributed by atoms with van der Waals surface area (Å²) < 4.78 is 24.6. The molecule has 0 aliphatic carbocycles. The molecule has 0 saturated carbocycles. The summed E-state index contributed by atoms with van der Waals surface area (Å²) in [5, 5.41) is 18.8. The molecule has 0 amide bonds. The molecule has 0 aliphatic rings. The molecule has 0 aromatic heterocycles. The van der Waals surface area contributed by atoms with E-state index in [4.69, 9.17) is 5.11 Å². The SMILES string of the molecule is O=C(O)c1cc([N+](=O)[O-])ccc1C(F)F. The maximum Gasteiger partial charge on any atom is 0.336 e. The molecule has 7 heteroatoms. The number of nitro groups is 1. The average molecular weight is 217 g/mol. The molecule has 5 nitrogen and oxygen atoms in total. The first-order valence-corrected chi connectivity index (χ1v) is 3.73. The van der Waals surface area contributed by atoms with Gasteiger partial charge in [0.05, 0.1) is 10.5 Å². The molecular formula is C8H5F2NO4. The lowest BCUT2D eigenvalue weighted by Gasteiger charge is -2.03. The van der Waals surface area contributed by atoms with Gasteiger partial charge in [0.1, 0.15) is 0 Å². The monoisotopic (exact) mass is 217 g/mol. The van der Waals surface area contributed by atoms with Crippen molar-refractivity contribution in [2.45, 2.75) is 6.43 Å². The van der Waals surface area contributed by atoms with Crippen LogP contribution < -0.4 is 0 Å². The Labute approximate surface area is 82.1 Å². The predicted octanol–water partition coefficient (Wildman–Crippen LogP) is 2.23. The first-order valence-electron chi connectivity index (χ1n) is 3.73. The maximum atomic E-state index is 12.3. The third kappa shape index (κ3) is 2.25. The van der Waals surface area contributed by atoms with Gasteiger partial charge in [-0.05, 0) is 6.07 Å². The van der Waals surface area contributed by atoms with Gasteiger partial charge in [0, 0.05) is 17.7 Å². The van der Waals surface area contributed by atoms with E-state index in [0.29, 0.717) is 6.07 Å². The zero-order valence-corrected chi connectivity index (χ0v) is 7.18. The molecule has 15 heavy (non-hydrogen) atoms. The second kappa shape index (κ2) is 3.99. The first kappa shape index (κ1) is 11.0. The quantitative estimate of drug-likeness (QED) is 0.621. The van der Waals surface area contributed by atoms with Crippen LogP contribution in [0.15, 0.2) is 18.2 Å². The Kier molecular flexibility index (Phi) is 2.93. The minimum atomic E-state index is -2.98. The summed E-state index contributed by atoms with van der Waals surface area (Å²) in [6.07, 6.45) is -2.98. The van der Waals surface area contributed by atoms with Crippen molar-refractivity contribution in [1.82, 2.24) is 0 Å². The van der Waals surface area contributed by atoms with Crippen molar-refractivity contribution in [2.75, 3.05) is 0 Å². The predicted molar refractivity (Wildman–Crippen MR) is 45.0 cm³/mol. The lowest BCUT2D eigenvalue weighted by Crippen LogP contribution is -2.04. The van der Waals surface area contributed by atoms with Gasteiger partial charge in [-0.2, -0.15) is 0 Å². The van der Waals surface area contributed by atoms with Gasteiger partial charge in [0.2, 0.25) is 0 Å². The zero-order valence-electron chi connectivity index (χ0n) is 7.18. The molecule has 0 spiro atoms. The van der Waals surface area contributed by atoms with Crippen molar-refractivity contribution in [3.63, 3.8) is 0 Å². The van der Waals surface area contributed by atoms with E-state index in [2.05, 4.69) is 0 Å². The Morgan fingerprint density at radius 2 is 2.07 bits per heavy atom. The standard InChI is InChI=1S/C8H5F2NO4/c9-7(10)5-2-1-4(11(14)15)3-6(5)8(12)13/h1-3,7H,(H,12,13). The number of carboxylic acid groups (broad SMARTS) is 1. The number of carboxylic acids is 1. The van der Waals surface area contributed by atoms with Gasteiger partial charge in [-0.15, -0.1) is 0 Å². The van der Waals surface area contributed by atoms with Crippen molar-refractivity contribution < 1.29 is 23.6 Å². The van der Waals surface area contributed by atoms with Crippen LogP contribution in [0.5, 0.6) is 0 Å². The second-order valence-corrected chi connectivity index (χ2v) is 2.63. The van der Waals surface area contributed by atoms with Gasteiger partial charge in [0.25, 0.3) is 12.1 Å². The lowest BCUT2D eigenvalue weighted by atomic mass is 10.1. The summed E-state index contributed by atoms with van der Waals surface area (Å²) in [5.41, 5.74) is -2.01. The fourth-order valence-corrected chi connectivity index (χ4v) is 1.03. The average Bonchev–Trinajstić information content (AvgIpc) is 2.16. The Morgan fingerprint density at radius 1 is 1.47 bits per heavy atom. The number of non-ortho nitro benzene ring substituents is 1. The fraction of sp³-hybridized carbons (Fsp3) is 0.125. The topological polar surface area (TPSA) is 80.4 Å². The number of hydrogen-bond donors (Lipinski definition) is 1. The Hall–Kier alpha value is -2.05. The molecule has 1 aromatic rings. The van der Waals surface area contributed by atoms with Crippen LogP contribution in [-0.2, 0) is 0 Å². The van der Waals surface area contributed by atoms with Crippen LogP contribution in [-0.4, -0.2) is 16.0 Å². The Morgan fingerprint density at radius 3 is 2.47 bits per heavy atom. The van der Waals surface area contributed by atoms with E-state index in [0.717, 1.165) is 12.1 Å². The lowest BCUT2D eigenvalue weighted by molar-refractivity contribution is -0.384. The van der Waals surface area contributed by atoms with Gasteiger partial charge in [0.15, 0.2) is 0 Å². The van der Waals surface area contributed by atoms with E-state index in [1.165, 1.54) is 0 Å². The third-order valence-corrected chi connectivity index (χ3v) is 1.71. The largest absolute Gasteiger partial charge is 0.478 e. The number of aromatic carboxylic acids is 1. The van der Waals surface area contributed by atoms with E-state index in [9.17, 15) is 23.7 Å². The van der Waals surface area contributed by atoms with E-state index in [1.54, 1.807) is 0 Å². The van der Waals surface area contributed by atoms with Crippen LogP contribution in [0.1, 0.15) is 22.3 Å². The third-order valence-electron chi connectivity index (χ3n) is 1.71. The zero-order chi connectivity index (χ0) is 11.6. The highest BCUT2D eigenvalue weighted by Crippen LogP contribution is 2.26. The minimum absolute atomic E-state index is 0.531. The van der Waals surface area contributed by atoms with Crippen molar-refractivity contribution in [2.24, 2.45) is 0 Å². The highest BCUT2D eigenvalue weighted by molar-refractivity contribution is 5.90. The number of nitro benzene ring substituents is 1. The van der Waals surface area contributed by atoms with E-state index >= 15 is 0 Å². The molecule has 0 aliphatic heterocycles. The van der Waals surface area contributed by atoms with E-state index in [-0.39, 0.29) is 0 Å². The number of carbonyl (C=O) groups is 1. The highest BCUT2D eigenvalue weighted by Gasteiger charge is 2.21. The molecule has 1 rings (SSSR count). The first-order chi connectivity index (χ1) is 6.93. The number of alkyl halides is 2. The minimum Gasteiger partial charge on any atom is -0.478 e. The summed E-state index contributed by atoms with van der Waals surface area (Å²) in [7, 11) is 0. The van der Waals surface area contributed by atoms with Gasteiger partial charge in [-0.25, -0.2) is 13.6 Å². The molecule has 0 bridgehead atoms. The molecule has 80 valence electrons. The number of hydrogen-bond acceptors (Lipinski definition) is 3. The van der Waals surface area contributed by atoms with Gasteiger partial charge in [-0.1, -0.05) is 0 Å². The molecule has 1 aromatic carbocycles. The molecule has 0 atom stereocenters. The van der Waals surface area contributed by atoms with Crippen LogP contribution in [0, 0.1) is 10.1 Å². The van der Waals surface area contributed by atoms with Crippen molar-refractivity contribution in [1.29, 1.82) is 0 Å². The number of rotatable bonds is 3. The fourth-order valence-electron chi connectivity index (χ4n) is 1.03. The van der Waals surface area contributed by atoms with Crippen molar-refractivity contribution in [3.8, 4) is 0 Å². The van der Waals surface area contributed by atoms with E-state index in [1.807, 2.05) is 0 Å². The Bertz CT molecular complexity index is 419. The smallest absolute Gasteiger partial charge is 0.336 e. The molecule has 0 fully saturated rings. The summed E-state index contributed by atoms with van der Waals surface area (Å²) in [5.74, 6) is -1.62. The normalized spacial score (nSPS) is 10.3. The van der Waals surface area contributed by atoms with Crippen LogP contribution in [0.25, 0.3) is 0 Å². The molecule has 0 saturated heterocycles. The van der Waals surface area contributed by atoms with Gasteiger partial charge in [-0.3, -0.25) is 10.1 Å². The number of halogens is 2. The van der Waals surface area contributed by atoms with Crippen LogP contribution >= 0.6 is 0 Å². The second-order valence-electron chi connectivity index (χ2n) is 2.63. The number of benzene rings is 1. The summed E-state index contributed by atoms with van der Waals surface area (Å²) >= 11 is 0. The molecule has 1 N–H and O–H groups in total. The molecule has 0 radical (unpaired) electrons. The van der Waals surface area contributed by atoms with Crippen molar-refractivity contribution >= 4 is 11.7 Å². The van der Waals surface area contributed by atoms with E-state index < -0.39 is 34.1 Å². The van der Waals surface area contributed by atoms with Crippen LogP contribution in [0.4, 0.5) is 14.5 Å². The Balaban J connectivity index is 3.33. The number of nitrogens with zero attached hydrogens (tertiary/aromatic N) is 1. The molecule has 0 unspecified atom stereocenters. The maximum absolute atomic E-state index is 12.3. The highest BCUT2D eigenvalue weighted by atomic mass is 19.3. The van der Waals surface area contributed by atoms with Gasteiger partial charge >= 0.3 is 5.97 Å². The molecular weight excluding hydrogens is 212 g/mol. The summed E-state index contributed by atoms with van der Waals surface area (Å²) in [6, 6.07) is 2.20. The van der Waals surface area contributed by atoms with Crippen molar-refractivity contribution in [3.05, 3.63) is 39.4 Å². The molecule has 0 heterocycles. The van der Waals surface area contributed by atoms with Crippen LogP contribution in [0.3, 0.4) is 0 Å². The summed E-state index contributed by atoms with van der Waals surface area (Å²) in [4.78, 5) is 20.0.